The number of rotatable bonds is 4. The van der Waals surface area contributed by atoms with E-state index in [0.29, 0.717) is 17.6 Å². The molecule has 0 saturated carbocycles. The molecule has 0 bridgehead atoms. The van der Waals surface area contributed by atoms with Crippen molar-refractivity contribution in [3.05, 3.63) is 54.6 Å². The summed E-state index contributed by atoms with van der Waals surface area (Å²) in [6, 6.07) is 13.3. The Morgan fingerprint density at radius 1 is 1.12 bits per heavy atom. The Balaban J connectivity index is 0.00000196. The van der Waals surface area contributed by atoms with Gasteiger partial charge in [0, 0.05) is 17.8 Å². The Morgan fingerprint density at radius 2 is 1.96 bits per heavy atom. The van der Waals surface area contributed by atoms with Crippen LogP contribution in [0, 0.1) is 0 Å². The van der Waals surface area contributed by atoms with Crippen LogP contribution in [0.5, 0.6) is 11.6 Å². The molecule has 6 nitrogen and oxygen atoms in total. The van der Waals surface area contributed by atoms with E-state index in [1.807, 2.05) is 36.4 Å². The zero-order valence-corrected chi connectivity index (χ0v) is 15.3. The number of halogens is 1. The van der Waals surface area contributed by atoms with Crippen molar-refractivity contribution in [1.29, 1.82) is 0 Å². The maximum atomic E-state index is 5.70. The fourth-order valence-corrected chi connectivity index (χ4v) is 2.99. The standard InChI is InChI=1S/C19H20N4O2.ClH/c1-19(11-5-6-12-21-19)18-22-17(23-25-18)14-9-10-16(20-13-14)24-15-7-3-2-4-8-15;/h2-4,7-10,13,21H,5-6,11-12H2,1H3;1H. The summed E-state index contributed by atoms with van der Waals surface area (Å²) in [5.74, 6) is 2.45. The van der Waals surface area contributed by atoms with E-state index in [0.717, 1.165) is 30.7 Å². The summed E-state index contributed by atoms with van der Waals surface area (Å²) < 4.78 is 11.2. The summed E-state index contributed by atoms with van der Waals surface area (Å²) in [6.07, 6.45) is 5.04. The van der Waals surface area contributed by atoms with Gasteiger partial charge in [0.2, 0.25) is 17.6 Å². The van der Waals surface area contributed by atoms with Gasteiger partial charge in [0.05, 0.1) is 5.54 Å². The molecule has 1 unspecified atom stereocenters. The van der Waals surface area contributed by atoms with Gasteiger partial charge in [-0.1, -0.05) is 23.4 Å². The fraction of sp³-hybridized carbons (Fsp3) is 0.316. The summed E-state index contributed by atoms with van der Waals surface area (Å²) in [5.41, 5.74) is 0.558. The predicted molar refractivity (Wildman–Crippen MR) is 100 cm³/mol. The lowest BCUT2D eigenvalue weighted by molar-refractivity contribution is 0.207. The zero-order chi connectivity index (χ0) is 17.1. The van der Waals surface area contributed by atoms with Gasteiger partial charge in [-0.2, -0.15) is 4.98 Å². The highest BCUT2D eigenvalue weighted by atomic mass is 35.5. The molecule has 1 N–H and O–H groups in total. The smallest absolute Gasteiger partial charge is 0.246 e. The van der Waals surface area contributed by atoms with Crippen molar-refractivity contribution in [2.45, 2.75) is 31.7 Å². The molecule has 2 aromatic heterocycles. The molecule has 1 aliphatic heterocycles. The number of benzene rings is 1. The van der Waals surface area contributed by atoms with Crippen LogP contribution in [0.15, 0.2) is 53.2 Å². The molecule has 0 aliphatic carbocycles. The van der Waals surface area contributed by atoms with Crippen molar-refractivity contribution in [1.82, 2.24) is 20.4 Å². The number of hydrogen-bond acceptors (Lipinski definition) is 6. The number of aromatic nitrogens is 3. The van der Waals surface area contributed by atoms with E-state index < -0.39 is 0 Å². The van der Waals surface area contributed by atoms with Gasteiger partial charge in [-0.15, -0.1) is 12.4 Å². The molecule has 4 rings (SSSR count). The normalized spacial score (nSPS) is 19.6. The third-order valence-corrected chi connectivity index (χ3v) is 4.48. The number of piperidine rings is 1. The van der Waals surface area contributed by atoms with Gasteiger partial charge in [-0.25, -0.2) is 4.98 Å². The van der Waals surface area contributed by atoms with Crippen LogP contribution in [0.3, 0.4) is 0 Å². The number of para-hydroxylation sites is 1. The van der Waals surface area contributed by atoms with E-state index in [4.69, 9.17) is 9.26 Å². The van der Waals surface area contributed by atoms with Crippen LogP contribution in [-0.2, 0) is 5.54 Å². The Bertz CT molecular complexity index is 830. The molecule has 1 aliphatic rings. The SMILES string of the molecule is CC1(c2nc(-c3ccc(Oc4ccccc4)nc3)no2)CCCCN1.Cl. The van der Waals surface area contributed by atoms with Crippen LogP contribution in [0.2, 0.25) is 0 Å². The quantitative estimate of drug-likeness (QED) is 0.734. The van der Waals surface area contributed by atoms with Crippen LogP contribution >= 0.6 is 12.4 Å². The van der Waals surface area contributed by atoms with Gasteiger partial charge in [0.25, 0.3) is 0 Å². The third kappa shape index (κ3) is 3.86. The highest BCUT2D eigenvalue weighted by Crippen LogP contribution is 2.30. The minimum atomic E-state index is -0.243. The summed E-state index contributed by atoms with van der Waals surface area (Å²) >= 11 is 0. The summed E-state index contributed by atoms with van der Waals surface area (Å²) in [5, 5.41) is 7.59. The third-order valence-electron chi connectivity index (χ3n) is 4.48. The van der Waals surface area contributed by atoms with Crippen molar-refractivity contribution in [3.63, 3.8) is 0 Å². The summed E-state index contributed by atoms with van der Waals surface area (Å²) in [7, 11) is 0. The van der Waals surface area contributed by atoms with Crippen molar-refractivity contribution in [3.8, 4) is 23.0 Å². The Kier molecular flexibility index (Phi) is 5.54. The highest BCUT2D eigenvalue weighted by Gasteiger charge is 2.34. The first kappa shape index (κ1) is 18.4. The van der Waals surface area contributed by atoms with E-state index in [9.17, 15) is 0 Å². The topological polar surface area (TPSA) is 73.1 Å². The number of nitrogens with zero attached hydrogens (tertiary/aromatic N) is 3. The summed E-state index contributed by atoms with van der Waals surface area (Å²) in [6.45, 7) is 3.08. The maximum Gasteiger partial charge on any atom is 0.246 e. The molecule has 0 radical (unpaired) electrons. The van der Waals surface area contributed by atoms with Crippen LogP contribution in [0.4, 0.5) is 0 Å². The Hall–Kier alpha value is -2.44. The fourth-order valence-electron chi connectivity index (χ4n) is 2.99. The average molecular weight is 373 g/mol. The number of ether oxygens (including phenoxy) is 1. The number of pyridine rings is 1. The van der Waals surface area contributed by atoms with Crippen LogP contribution in [0.1, 0.15) is 32.1 Å². The molecular formula is C19H21ClN4O2. The Labute approximate surface area is 158 Å². The highest BCUT2D eigenvalue weighted by molar-refractivity contribution is 5.85. The molecule has 3 heterocycles. The second-order valence-electron chi connectivity index (χ2n) is 6.44. The van der Waals surface area contributed by atoms with Gasteiger partial charge >= 0.3 is 0 Å². The van der Waals surface area contributed by atoms with E-state index >= 15 is 0 Å². The minimum absolute atomic E-state index is 0. The number of hydrogen-bond donors (Lipinski definition) is 1. The van der Waals surface area contributed by atoms with Gasteiger partial charge in [0.15, 0.2) is 0 Å². The molecule has 26 heavy (non-hydrogen) atoms. The first-order valence-corrected chi connectivity index (χ1v) is 8.51. The molecule has 7 heteroatoms. The van der Waals surface area contributed by atoms with Gasteiger partial charge in [0.1, 0.15) is 5.75 Å². The summed E-state index contributed by atoms with van der Waals surface area (Å²) in [4.78, 5) is 8.90. The molecule has 1 atom stereocenters. The van der Waals surface area contributed by atoms with Crippen LogP contribution in [-0.4, -0.2) is 21.7 Å². The second-order valence-corrected chi connectivity index (χ2v) is 6.44. The average Bonchev–Trinajstić information content (AvgIpc) is 3.15. The maximum absolute atomic E-state index is 5.70. The molecule has 136 valence electrons. The molecule has 0 amide bonds. The molecular weight excluding hydrogens is 352 g/mol. The van der Waals surface area contributed by atoms with Crippen LogP contribution < -0.4 is 10.1 Å². The molecule has 1 fully saturated rings. The number of nitrogens with one attached hydrogen (secondary N) is 1. The first-order chi connectivity index (χ1) is 12.2. The zero-order valence-electron chi connectivity index (χ0n) is 14.5. The van der Waals surface area contributed by atoms with Gasteiger partial charge in [-0.3, -0.25) is 0 Å². The molecule has 1 aromatic carbocycles. The lowest BCUT2D eigenvalue weighted by Crippen LogP contribution is -2.43. The Morgan fingerprint density at radius 3 is 2.65 bits per heavy atom. The van der Waals surface area contributed by atoms with E-state index in [-0.39, 0.29) is 17.9 Å². The van der Waals surface area contributed by atoms with Gasteiger partial charge in [-0.05, 0) is 50.9 Å². The largest absolute Gasteiger partial charge is 0.439 e. The van der Waals surface area contributed by atoms with Gasteiger partial charge < -0.3 is 14.6 Å². The monoisotopic (exact) mass is 372 g/mol. The lowest BCUT2D eigenvalue weighted by atomic mass is 9.91. The minimum Gasteiger partial charge on any atom is -0.439 e. The molecule has 3 aromatic rings. The van der Waals surface area contributed by atoms with E-state index in [2.05, 4.69) is 27.4 Å². The van der Waals surface area contributed by atoms with Crippen molar-refractivity contribution < 1.29 is 9.26 Å². The van der Waals surface area contributed by atoms with Crippen molar-refractivity contribution >= 4 is 12.4 Å². The predicted octanol–water partition coefficient (Wildman–Crippen LogP) is 4.33. The van der Waals surface area contributed by atoms with E-state index in [1.54, 1.807) is 12.3 Å². The van der Waals surface area contributed by atoms with E-state index in [1.165, 1.54) is 6.42 Å². The van der Waals surface area contributed by atoms with Crippen LogP contribution in [0.25, 0.3) is 11.4 Å². The second kappa shape index (κ2) is 7.85. The van der Waals surface area contributed by atoms with Crippen molar-refractivity contribution in [2.75, 3.05) is 6.54 Å². The first-order valence-electron chi connectivity index (χ1n) is 8.51. The van der Waals surface area contributed by atoms with Crippen molar-refractivity contribution in [2.24, 2.45) is 0 Å². The molecule has 0 spiro atoms. The lowest BCUT2D eigenvalue weighted by Gasteiger charge is -2.31. The molecule has 1 saturated heterocycles.